The molecule has 0 aliphatic carbocycles. The number of nitrogens with one attached hydrogen (secondary N) is 1. The summed E-state index contributed by atoms with van der Waals surface area (Å²) in [6.45, 7) is 4.91. The second-order valence-electron chi connectivity index (χ2n) is 5.44. The van der Waals surface area contributed by atoms with Gasteiger partial charge in [0.05, 0.1) is 32.0 Å². The molecule has 0 spiro atoms. The molecule has 0 unspecified atom stereocenters. The Hall–Kier alpha value is -1.50. The van der Waals surface area contributed by atoms with Crippen LogP contribution in [0.3, 0.4) is 0 Å². The molecule has 1 fully saturated rings. The van der Waals surface area contributed by atoms with Gasteiger partial charge in [0.1, 0.15) is 0 Å². The van der Waals surface area contributed by atoms with E-state index in [0.717, 1.165) is 18.7 Å². The van der Waals surface area contributed by atoms with E-state index in [1.165, 1.54) is 6.92 Å². The van der Waals surface area contributed by atoms with Crippen LogP contribution in [0, 0.1) is 0 Å². The summed E-state index contributed by atoms with van der Waals surface area (Å²) in [5, 5.41) is 3.36. The fourth-order valence-corrected chi connectivity index (χ4v) is 2.89. The maximum atomic E-state index is 11.0. The van der Waals surface area contributed by atoms with Gasteiger partial charge < -0.3 is 19.5 Å². The number of hydrogen-bond acceptors (Lipinski definition) is 5. The van der Waals surface area contributed by atoms with Crippen LogP contribution < -0.4 is 14.8 Å². The molecule has 128 valence electrons. The number of amides is 1. The molecule has 1 atom stereocenters. The Morgan fingerprint density at radius 1 is 1.43 bits per heavy atom. The van der Waals surface area contributed by atoms with Crippen molar-refractivity contribution in [1.82, 2.24) is 10.2 Å². The molecule has 1 saturated heterocycles. The Kier molecular flexibility index (Phi) is 6.50. The van der Waals surface area contributed by atoms with Crippen LogP contribution in [0.25, 0.3) is 0 Å². The third kappa shape index (κ3) is 4.73. The summed E-state index contributed by atoms with van der Waals surface area (Å²) < 4.78 is 16.3. The van der Waals surface area contributed by atoms with Gasteiger partial charge in [0.25, 0.3) is 0 Å². The fourth-order valence-electron chi connectivity index (χ4n) is 2.60. The Morgan fingerprint density at radius 2 is 2.22 bits per heavy atom. The largest absolute Gasteiger partial charge is 0.493 e. The molecule has 0 bridgehead atoms. The Bertz CT molecular complexity index is 553. The predicted octanol–water partition coefficient (Wildman–Crippen LogP) is 1.69. The lowest BCUT2D eigenvalue weighted by atomic mass is 10.1. The maximum absolute atomic E-state index is 11.0. The molecule has 6 nitrogen and oxygen atoms in total. The number of morpholine rings is 1. The molecule has 1 aliphatic heterocycles. The molecule has 2 rings (SSSR count). The van der Waals surface area contributed by atoms with Gasteiger partial charge in [0.2, 0.25) is 5.91 Å². The monoisotopic (exact) mass is 342 g/mol. The average molecular weight is 343 g/mol. The Labute approximate surface area is 141 Å². The predicted molar refractivity (Wildman–Crippen MR) is 88.3 cm³/mol. The number of methoxy groups -OCH3 is 2. The quantitative estimate of drug-likeness (QED) is 0.852. The summed E-state index contributed by atoms with van der Waals surface area (Å²) in [6.07, 6.45) is -0.00781. The number of halogens is 1. The van der Waals surface area contributed by atoms with E-state index in [9.17, 15) is 4.79 Å². The van der Waals surface area contributed by atoms with Crippen LogP contribution in [-0.4, -0.2) is 57.4 Å². The third-order valence-corrected chi connectivity index (χ3v) is 4.17. The number of benzene rings is 1. The summed E-state index contributed by atoms with van der Waals surface area (Å²) >= 11 is 6.43. The molecular formula is C16H23ClN2O4. The van der Waals surface area contributed by atoms with Gasteiger partial charge in [-0.2, -0.15) is 0 Å². The summed E-state index contributed by atoms with van der Waals surface area (Å²) in [5.41, 5.74) is 0.976. The first-order chi connectivity index (χ1) is 11.0. The average Bonchev–Trinajstić information content (AvgIpc) is 2.55. The zero-order valence-corrected chi connectivity index (χ0v) is 14.5. The molecule has 1 aliphatic rings. The van der Waals surface area contributed by atoms with Crippen LogP contribution in [0.1, 0.15) is 12.5 Å². The Morgan fingerprint density at radius 3 is 2.87 bits per heavy atom. The third-order valence-electron chi connectivity index (χ3n) is 3.76. The highest BCUT2D eigenvalue weighted by Gasteiger charge is 2.22. The lowest BCUT2D eigenvalue weighted by Crippen LogP contribution is -2.46. The second-order valence-corrected chi connectivity index (χ2v) is 5.82. The number of carbonyl (C=O) groups excluding carboxylic acids is 1. The maximum Gasteiger partial charge on any atom is 0.216 e. The van der Waals surface area contributed by atoms with Crippen molar-refractivity contribution in [3.63, 3.8) is 0 Å². The van der Waals surface area contributed by atoms with Gasteiger partial charge in [0, 0.05) is 33.1 Å². The molecular weight excluding hydrogens is 320 g/mol. The lowest BCUT2D eigenvalue weighted by molar-refractivity contribution is -0.120. The lowest BCUT2D eigenvalue weighted by Gasteiger charge is -2.33. The van der Waals surface area contributed by atoms with Gasteiger partial charge >= 0.3 is 0 Å². The molecule has 0 aromatic heterocycles. The SMILES string of the molecule is COc1ccc(CN2CCO[C@H](CNC(C)=O)C2)c(Cl)c1OC. The minimum atomic E-state index is -0.0475. The first kappa shape index (κ1) is 17.8. The zero-order chi connectivity index (χ0) is 16.8. The second kappa shape index (κ2) is 8.38. The molecule has 0 radical (unpaired) electrons. The molecule has 1 aromatic carbocycles. The standard InChI is InChI=1S/C16H23ClN2O4/c1-11(20)18-8-13-10-19(6-7-23-13)9-12-4-5-14(21-2)16(22-3)15(12)17/h4-5,13H,6-10H2,1-3H3,(H,18,20)/t13-/m1/s1. The van der Waals surface area contributed by atoms with Gasteiger partial charge in [-0.25, -0.2) is 0 Å². The van der Waals surface area contributed by atoms with E-state index in [0.29, 0.717) is 36.2 Å². The number of rotatable bonds is 6. The summed E-state index contributed by atoms with van der Waals surface area (Å²) in [7, 11) is 3.16. The van der Waals surface area contributed by atoms with Crippen molar-refractivity contribution in [2.75, 3.05) is 40.5 Å². The van der Waals surface area contributed by atoms with Gasteiger partial charge in [-0.3, -0.25) is 9.69 Å². The normalized spacial score (nSPS) is 18.5. The molecule has 23 heavy (non-hydrogen) atoms. The van der Waals surface area contributed by atoms with Gasteiger partial charge in [-0.1, -0.05) is 17.7 Å². The molecule has 0 saturated carbocycles. The van der Waals surface area contributed by atoms with Gasteiger partial charge in [-0.15, -0.1) is 0 Å². The number of carbonyl (C=O) groups is 1. The first-order valence-corrected chi connectivity index (χ1v) is 7.90. The summed E-state index contributed by atoms with van der Waals surface area (Å²) in [6, 6.07) is 3.80. The first-order valence-electron chi connectivity index (χ1n) is 7.53. The van der Waals surface area contributed by atoms with Crippen molar-refractivity contribution in [3.05, 3.63) is 22.7 Å². The minimum absolute atomic E-state index is 0.00781. The van der Waals surface area contributed by atoms with Gasteiger partial charge in [0.15, 0.2) is 11.5 Å². The topological polar surface area (TPSA) is 60.0 Å². The van der Waals surface area contributed by atoms with E-state index in [2.05, 4.69) is 10.2 Å². The van der Waals surface area contributed by atoms with E-state index in [1.54, 1.807) is 14.2 Å². The highest BCUT2D eigenvalue weighted by molar-refractivity contribution is 6.33. The molecule has 1 aromatic rings. The van der Waals surface area contributed by atoms with Crippen LogP contribution >= 0.6 is 11.6 Å². The summed E-state index contributed by atoms with van der Waals surface area (Å²) in [4.78, 5) is 13.3. The fraction of sp³-hybridized carbons (Fsp3) is 0.562. The van der Waals surface area contributed by atoms with Crippen LogP contribution in [0.4, 0.5) is 0 Å². The van der Waals surface area contributed by atoms with Crippen molar-refractivity contribution in [2.24, 2.45) is 0 Å². The minimum Gasteiger partial charge on any atom is -0.493 e. The Balaban J connectivity index is 2.02. The van der Waals surface area contributed by atoms with Crippen molar-refractivity contribution < 1.29 is 19.0 Å². The van der Waals surface area contributed by atoms with Crippen molar-refractivity contribution in [1.29, 1.82) is 0 Å². The van der Waals surface area contributed by atoms with E-state index < -0.39 is 0 Å². The smallest absolute Gasteiger partial charge is 0.216 e. The zero-order valence-electron chi connectivity index (χ0n) is 13.7. The molecule has 1 amide bonds. The van der Waals surface area contributed by atoms with Crippen LogP contribution in [0.5, 0.6) is 11.5 Å². The van der Waals surface area contributed by atoms with E-state index in [1.807, 2.05) is 12.1 Å². The molecule has 1 heterocycles. The van der Waals surface area contributed by atoms with E-state index >= 15 is 0 Å². The van der Waals surface area contributed by atoms with Crippen LogP contribution in [-0.2, 0) is 16.1 Å². The highest BCUT2D eigenvalue weighted by atomic mass is 35.5. The van der Waals surface area contributed by atoms with Crippen LogP contribution in [0.15, 0.2) is 12.1 Å². The number of nitrogens with zero attached hydrogens (tertiary/aromatic N) is 1. The van der Waals surface area contributed by atoms with Crippen molar-refractivity contribution in [3.8, 4) is 11.5 Å². The van der Waals surface area contributed by atoms with Crippen molar-refractivity contribution >= 4 is 17.5 Å². The molecule has 1 N–H and O–H groups in total. The molecule has 7 heteroatoms. The summed E-state index contributed by atoms with van der Waals surface area (Å²) in [5.74, 6) is 1.12. The van der Waals surface area contributed by atoms with E-state index in [-0.39, 0.29) is 12.0 Å². The number of ether oxygens (including phenoxy) is 3. The van der Waals surface area contributed by atoms with Gasteiger partial charge in [-0.05, 0) is 11.6 Å². The van der Waals surface area contributed by atoms with E-state index in [4.69, 9.17) is 25.8 Å². The number of hydrogen-bond donors (Lipinski definition) is 1. The van der Waals surface area contributed by atoms with Crippen LogP contribution in [0.2, 0.25) is 5.02 Å². The highest BCUT2D eigenvalue weighted by Crippen LogP contribution is 2.37. The van der Waals surface area contributed by atoms with Crippen molar-refractivity contribution in [2.45, 2.75) is 19.6 Å².